The second kappa shape index (κ2) is 9.73. The van der Waals surface area contributed by atoms with Crippen molar-refractivity contribution < 1.29 is 27.5 Å². The van der Waals surface area contributed by atoms with Crippen LogP contribution in [0.25, 0.3) is 0 Å². The van der Waals surface area contributed by atoms with Crippen LogP contribution in [-0.4, -0.2) is 51.4 Å². The number of methoxy groups -OCH3 is 1. The summed E-state index contributed by atoms with van der Waals surface area (Å²) in [6.45, 7) is 0.716. The number of rotatable bonds is 8. The van der Waals surface area contributed by atoms with E-state index in [4.69, 9.17) is 9.47 Å². The van der Waals surface area contributed by atoms with Crippen LogP contribution in [0, 0.1) is 0 Å². The van der Waals surface area contributed by atoms with E-state index < -0.39 is 28.5 Å². The van der Waals surface area contributed by atoms with Gasteiger partial charge in [0.25, 0.3) is 5.91 Å². The Bertz CT molecular complexity index is 1000. The monoisotopic (exact) mass is 432 g/mol. The number of esters is 1. The SMILES string of the molecule is COc1ccc(C(=O)OCC(=O)NCc2ccccc2)cc1S(=O)(=O)N1CCCC1. The van der Waals surface area contributed by atoms with Crippen LogP contribution < -0.4 is 10.1 Å². The summed E-state index contributed by atoms with van der Waals surface area (Å²) in [6, 6.07) is 13.4. The molecule has 0 aliphatic carbocycles. The normalized spacial score (nSPS) is 14.3. The maximum Gasteiger partial charge on any atom is 0.338 e. The lowest BCUT2D eigenvalue weighted by molar-refractivity contribution is -0.124. The molecule has 0 radical (unpaired) electrons. The number of benzene rings is 2. The van der Waals surface area contributed by atoms with Gasteiger partial charge in [-0.15, -0.1) is 0 Å². The second-order valence-electron chi connectivity index (χ2n) is 6.82. The molecule has 0 saturated carbocycles. The Labute approximate surface area is 175 Å². The van der Waals surface area contributed by atoms with Crippen molar-refractivity contribution in [2.24, 2.45) is 0 Å². The van der Waals surface area contributed by atoms with Gasteiger partial charge in [0, 0.05) is 19.6 Å². The zero-order valence-electron chi connectivity index (χ0n) is 16.7. The van der Waals surface area contributed by atoms with Gasteiger partial charge < -0.3 is 14.8 Å². The molecule has 8 nitrogen and oxygen atoms in total. The van der Waals surface area contributed by atoms with Gasteiger partial charge in [-0.05, 0) is 36.6 Å². The maximum atomic E-state index is 12.9. The van der Waals surface area contributed by atoms with Crippen LogP contribution in [-0.2, 0) is 26.1 Å². The molecule has 2 aromatic carbocycles. The van der Waals surface area contributed by atoms with Crippen molar-refractivity contribution in [1.82, 2.24) is 9.62 Å². The first-order valence-corrected chi connectivity index (χ1v) is 11.0. The van der Waals surface area contributed by atoms with Gasteiger partial charge in [-0.25, -0.2) is 13.2 Å². The molecule has 1 saturated heterocycles. The van der Waals surface area contributed by atoms with E-state index in [9.17, 15) is 18.0 Å². The standard InChI is InChI=1S/C21H24N2O6S/c1-28-18-10-9-17(13-19(18)30(26,27)23-11-5-6-12-23)21(25)29-15-20(24)22-14-16-7-3-2-4-8-16/h2-4,7-10,13H,5-6,11-12,14-15H2,1H3,(H,22,24). The summed E-state index contributed by atoms with van der Waals surface area (Å²) in [5.41, 5.74) is 0.952. The summed E-state index contributed by atoms with van der Waals surface area (Å²) < 4.78 is 37.4. The molecule has 2 aromatic rings. The third kappa shape index (κ3) is 5.17. The molecule has 0 aromatic heterocycles. The molecule has 0 spiro atoms. The molecule has 1 fully saturated rings. The minimum atomic E-state index is -3.79. The second-order valence-corrected chi connectivity index (χ2v) is 8.72. The van der Waals surface area contributed by atoms with Crippen molar-refractivity contribution in [3.05, 3.63) is 59.7 Å². The Morgan fingerprint density at radius 1 is 1.07 bits per heavy atom. The van der Waals surface area contributed by atoms with Gasteiger partial charge in [0.05, 0.1) is 12.7 Å². The zero-order chi connectivity index (χ0) is 21.6. The van der Waals surface area contributed by atoms with Gasteiger partial charge in [0.2, 0.25) is 10.0 Å². The van der Waals surface area contributed by atoms with Crippen molar-refractivity contribution in [3.63, 3.8) is 0 Å². The number of ether oxygens (including phenoxy) is 2. The van der Waals surface area contributed by atoms with Gasteiger partial charge in [-0.1, -0.05) is 30.3 Å². The molecule has 0 unspecified atom stereocenters. The van der Waals surface area contributed by atoms with E-state index in [2.05, 4.69) is 5.32 Å². The number of hydrogen-bond donors (Lipinski definition) is 1. The highest BCUT2D eigenvalue weighted by molar-refractivity contribution is 7.89. The largest absolute Gasteiger partial charge is 0.495 e. The van der Waals surface area contributed by atoms with Gasteiger partial charge in [-0.2, -0.15) is 4.31 Å². The molecule has 0 bridgehead atoms. The van der Waals surface area contributed by atoms with Crippen LogP contribution in [0.2, 0.25) is 0 Å². The molecule has 30 heavy (non-hydrogen) atoms. The fourth-order valence-electron chi connectivity index (χ4n) is 3.13. The van der Waals surface area contributed by atoms with E-state index in [-0.39, 0.29) is 16.2 Å². The molecule has 1 heterocycles. The molecule has 1 amide bonds. The van der Waals surface area contributed by atoms with Crippen molar-refractivity contribution in [1.29, 1.82) is 0 Å². The quantitative estimate of drug-likeness (QED) is 0.640. The molecule has 1 N–H and O–H groups in total. The number of nitrogens with one attached hydrogen (secondary N) is 1. The molecule has 0 atom stereocenters. The van der Waals surface area contributed by atoms with Crippen molar-refractivity contribution in [2.75, 3.05) is 26.8 Å². The summed E-state index contributed by atoms with van der Waals surface area (Å²) >= 11 is 0. The minimum absolute atomic E-state index is 0.0319. The Balaban J connectivity index is 1.65. The summed E-state index contributed by atoms with van der Waals surface area (Å²) in [4.78, 5) is 24.2. The van der Waals surface area contributed by atoms with Crippen LogP contribution >= 0.6 is 0 Å². The van der Waals surface area contributed by atoms with E-state index in [0.717, 1.165) is 18.4 Å². The van der Waals surface area contributed by atoms with Gasteiger partial charge in [-0.3, -0.25) is 4.79 Å². The lowest BCUT2D eigenvalue weighted by Crippen LogP contribution is -2.29. The number of carbonyl (C=O) groups excluding carboxylic acids is 2. The van der Waals surface area contributed by atoms with E-state index in [1.807, 2.05) is 30.3 Å². The molecular formula is C21H24N2O6S. The Morgan fingerprint density at radius 2 is 1.77 bits per heavy atom. The summed E-state index contributed by atoms with van der Waals surface area (Å²) in [5.74, 6) is -1.09. The predicted octanol–water partition coefficient (Wildman–Crippen LogP) is 1.95. The predicted molar refractivity (Wildman–Crippen MR) is 110 cm³/mol. The molecule has 3 rings (SSSR count). The van der Waals surface area contributed by atoms with E-state index >= 15 is 0 Å². The Kier molecular flexibility index (Phi) is 7.07. The fraction of sp³-hybridized carbons (Fsp3) is 0.333. The van der Waals surface area contributed by atoms with E-state index in [1.54, 1.807) is 0 Å². The highest BCUT2D eigenvalue weighted by Crippen LogP contribution is 2.30. The van der Waals surface area contributed by atoms with Gasteiger partial charge >= 0.3 is 5.97 Å². The highest BCUT2D eigenvalue weighted by Gasteiger charge is 2.30. The smallest absolute Gasteiger partial charge is 0.338 e. The molecular weight excluding hydrogens is 408 g/mol. The zero-order valence-corrected chi connectivity index (χ0v) is 17.5. The first-order chi connectivity index (χ1) is 14.4. The first-order valence-electron chi connectivity index (χ1n) is 9.58. The lowest BCUT2D eigenvalue weighted by Gasteiger charge is -2.18. The highest BCUT2D eigenvalue weighted by atomic mass is 32.2. The Morgan fingerprint density at radius 3 is 2.43 bits per heavy atom. The van der Waals surface area contributed by atoms with E-state index in [1.165, 1.54) is 29.6 Å². The van der Waals surface area contributed by atoms with Crippen molar-refractivity contribution in [3.8, 4) is 5.75 Å². The van der Waals surface area contributed by atoms with Crippen LogP contribution in [0.15, 0.2) is 53.4 Å². The van der Waals surface area contributed by atoms with Crippen LogP contribution in [0.1, 0.15) is 28.8 Å². The number of sulfonamides is 1. The van der Waals surface area contributed by atoms with Gasteiger partial charge in [0.1, 0.15) is 10.6 Å². The number of carbonyl (C=O) groups is 2. The van der Waals surface area contributed by atoms with Crippen molar-refractivity contribution >= 4 is 21.9 Å². The number of nitrogens with zero attached hydrogens (tertiary/aromatic N) is 1. The third-order valence-electron chi connectivity index (χ3n) is 4.75. The molecule has 1 aliphatic rings. The van der Waals surface area contributed by atoms with Crippen molar-refractivity contribution in [2.45, 2.75) is 24.3 Å². The third-order valence-corrected chi connectivity index (χ3v) is 6.67. The van der Waals surface area contributed by atoms with Crippen LogP contribution in [0.4, 0.5) is 0 Å². The average Bonchev–Trinajstić information content (AvgIpc) is 3.32. The summed E-state index contributed by atoms with van der Waals surface area (Å²) in [5, 5.41) is 2.66. The number of hydrogen-bond acceptors (Lipinski definition) is 6. The van der Waals surface area contributed by atoms with Crippen LogP contribution in [0.3, 0.4) is 0 Å². The summed E-state index contributed by atoms with van der Waals surface area (Å²) in [6.07, 6.45) is 1.59. The first kappa shape index (κ1) is 21.8. The summed E-state index contributed by atoms with van der Waals surface area (Å²) in [7, 11) is -2.42. The molecule has 160 valence electrons. The number of amides is 1. The molecule has 9 heteroatoms. The molecule has 1 aliphatic heterocycles. The maximum absolute atomic E-state index is 12.9. The van der Waals surface area contributed by atoms with Gasteiger partial charge in [0.15, 0.2) is 6.61 Å². The van der Waals surface area contributed by atoms with Crippen LogP contribution in [0.5, 0.6) is 5.75 Å². The van der Waals surface area contributed by atoms with E-state index in [0.29, 0.717) is 19.6 Å². The topological polar surface area (TPSA) is 102 Å². The Hall–Kier alpha value is -2.91. The fourth-order valence-corrected chi connectivity index (χ4v) is 4.83. The lowest BCUT2D eigenvalue weighted by atomic mass is 10.2. The minimum Gasteiger partial charge on any atom is -0.495 e. The average molecular weight is 432 g/mol.